The van der Waals surface area contributed by atoms with Crippen molar-refractivity contribution < 1.29 is 22.2 Å². The van der Waals surface area contributed by atoms with Crippen LogP contribution in [0.15, 0.2) is 48.8 Å². The van der Waals surface area contributed by atoms with Crippen LogP contribution in [0.3, 0.4) is 0 Å². The summed E-state index contributed by atoms with van der Waals surface area (Å²) >= 11 is 5.75. The van der Waals surface area contributed by atoms with E-state index in [1.165, 1.54) is 0 Å². The molecule has 0 spiro atoms. The second-order valence-electron chi connectivity index (χ2n) is 3.60. The van der Waals surface area contributed by atoms with Gasteiger partial charge in [0.25, 0.3) is 5.91 Å². The SMILES string of the molecule is O=C(NCc1ccc[nH+]c1)c1ccc(Cl)cc1.[Cl-]. The topological polar surface area (TPSA) is 43.2 Å². The predicted octanol–water partition coefficient (Wildman–Crippen LogP) is -0.912. The second-order valence-corrected chi connectivity index (χ2v) is 4.04. The van der Waals surface area contributed by atoms with Gasteiger partial charge in [-0.15, -0.1) is 0 Å². The van der Waals surface area contributed by atoms with Gasteiger partial charge in [0.1, 0.15) is 0 Å². The van der Waals surface area contributed by atoms with Crippen molar-refractivity contribution in [3.05, 3.63) is 64.9 Å². The predicted molar refractivity (Wildman–Crippen MR) is 65.6 cm³/mol. The number of carbonyl (C=O) groups is 1. The molecule has 1 amide bonds. The summed E-state index contributed by atoms with van der Waals surface area (Å²) in [7, 11) is 0. The van der Waals surface area contributed by atoms with Crippen LogP contribution in [-0.4, -0.2) is 5.91 Å². The van der Waals surface area contributed by atoms with Crippen LogP contribution in [0.5, 0.6) is 0 Å². The Labute approximate surface area is 117 Å². The molecule has 2 N–H and O–H groups in total. The van der Waals surface area contributed by atoms with Crippen molar-refractivity contribution in [3.8, 4) is 0 Å². The molecule has 2 aromatic rings. The average molecular weight is 283 g/mol. The van der Waals surface area contributed by atoms with Gasteiger partial charge in [0.15, 0.2) is 12.4 Å². The minimum atomic E-state index is -0.106. The van der Waals surface area contributed by atoms with E-state index in [1.807, 2.05) is 24.5 Å². The number of hydrogen-bond donors (Lipinski definition) is 1. The lowest BCUT2D eigenvalue weighted by molar-refractivity contribution is -0.378. The fourth-order valence-electron chi connectivity index (χ4n) is 1.43. The highest BCUT2D eigenvalue weighted by molar-refractivity contribution is 6.30. The molecule has 18 heavy (non-hydrogen) atoms. The molecule has 0 radical (unpaired) electrons. The van der Waals surface area contributed by atoms with Crippen LogP contribution in [0.4, 0.5) is 0 Å². The van der Waals surface area contributed by atoms with Crippen LogP contribution in [0.25, 0.3) is 0 Å². The quantitative estimate of drug-likeness (QED) is 0.778. The Morgan fingerprint density at radius 2 is 1.94 bits per heavy atom. The van der Waals surface area contributed by atoms with Gasteiger partial charge in [0.2, 0.25) is 0 Å². The first-order chi connectivity index (χ1) is 8.25. The minimum Gasteiger partial charge on any atom is -1.00 e. The minimum absolute atomic E-state index is 0. The smallest absolute Gasteiger partial charge is 0.251 e. The van der Waals surface area contributed by atoms with Crippen molar-refractivity contribution in [3.63, 3.8) is 0 Å². The molecule has 0 saturated heterocycles. The summed E-state index contributed by atoms with van der Waals surface area (Å²) in [4.78, 5) is 14.7. The summed E-state index contributed by atoms with van der Waals surface area (Å²) in [5.74, 6) is -0.106. The fourth-order valence-corrected chi connectivity index (χ4v) is 1.55. The Morgan fingerprint density at radius 1 is 1.22 bits per heavy atom. The van der Waals surface area contributed by atoms with Crippen molar-refractivity contribution in [1.29, 1.82) is 0 Å². The third-order valence-corrected chi connectivity index (χ3v) is 2.58. The maximum absolute atomic E-state index is 11.8. The Morgan fingerprint density at radius 3 is 2.56 bits per heavy atom. The number of H-pyrrole nitrogens is 1. The molecule has 2 rings (SSSR count). The molecular formula is C13H12Cl2N2O. The molecule has 1 heterocycles. The van der Waals surface area contributed by atoms with E-state index >= 15 is 0 Å². The number of benzene rings is 1. The molecule has 3 nitrogen and oxygen atoms in total. The highest BCUT2D eigenvalue weighted by atomic mass is 35.5. The lowest BCUT2D eigenvalue weighted by Crippen LogP contribution is -3.00. The largest absolute Gasteiger partial charge is 1.00 e. The first-order valence-corrected chi connectivity index (χ1v) is 5.62. The van der Waals surface area contributed by atoms with Crippen molar-refractivity contribution >= 4 is 17.5 Å². The van der Waals surface area contributed by atoms with Gasteiger partial charge in [0.05, 0.1) is 0 Å². The van der Waals surface area contributed by atoms with E-state index in [2.05, 4.69) is 10.3 Å². The maximum Gasteiger partial charge on any atom is 0.251 e. The summed E-state index contributed by atoms with van der Waals surface area (Å²) in [5, 5.41) is 3.46. The summed E-state index contributed by atoms with van der Waals surface area (Å²) in [6.07, 6.45) is 3.67. The molecule has 0 saturated carbocycles. The normalized spacial score (nSPS) is 9.39. The van der Waals surface area contributed by atoms with Crippen molar-refractivity contribution in [2.24, 2.45) is 0 Å². The Hall–Kier alpha value is -1.58. The molecule has 0 aliphatic heterocycles. The number of halogens is 2. The van der Waals surface area contributed by atoms with E-state index in [9.17, 15) is 4.79 Å². The van der Waals surface area contributed by atoms with Crippen LogP contribution in [0.1, 0.15) is 15.9 Å². The van der Waals surface area contributed by atoms with Gasteiger partial charge in [-0.05, 0) is 30.3 Å². The number of carbonyl (C=O) groups excluding carboxylic acids is 1. The highest BCUT2D eigenvalue weighted by Crippen LogP contribution is 2.09. The standard InChI is InChI=1S/C13H11ClN2O.ClH/c14-12-5-3-11(4-6-12)13(17)16-9-10-2-1-7-15-8-10;/h1-8H,9H2,(H,16,17);1H. The summed E-state index contributed by atoms with van der Waals surface area (Å²) in [5.41, 5.74) is 1.63. The third-order valence-electron chi connectivity index (χ3n) is 2.33. The number of nitrogens with one attached hydrogen (secondary N) is 2. The molecule has 5 heteroatoms. The van der Waals surface area contributed by atoms with Gasteiger partial charge in [-0.1, -0.05) is 11.6 Å². The fraction of sp³-hybridized carbons (Fsp3) is 0.0769. The van der Waals surface area contributed by atoms with E-state index < -0.39 is 0 Å². The van der Waals surface area contributed by atoms with Gasteiger partial charge in [0, 0.05) is 28.8 Å². The van der Waals surface area contributed by atoms with Crippen LogP contribution in [0, 0.1) is 0 Å². The Balaban J connectivity index is 0.00000162. The van der Waals surface area contributed by atoms with Crippen molar-refractivity contribution in [2.45, 2.75) is 6.54 Å². The van der Waals surface area contributed by atoms with Crippen LogP contribution in [-0.2, 0) is 6.54 Å². The highest BCUT2D eigenvalue weighted by Gasteiger charge is 2.05. The molecule has 0 aliphatic rings. The molecule has 1 aromatic carbocycles. The zero-order valence-electron chi connectivity index (χ0n) is 9.49. The van der Waals surface area contributed by atoms with Gasteiger partial charge in [-0.2, -0.15) is 0 Å². The van der Waals surface area contributed by atoms with Crippen LogP contribution < -0.4 is 22.7 Å². The van der Waals surface area contributed by atoms with Gasteiger partial charge in [-0.25, -0.2) is 4.98 Å². The lowest BCUT2D eigenvalue weighted by atomic mass is 10.2. The molecule has 1 aromatic heterocycles. The Kier molecular flexibility index (Phi) is 5.62. The van der Waals surface area contributed by atoms with Gasteiger partial charge < -0.3 is 17.7 Å². The van der Waals surface area contributed by atoms with Crippen molar-refractivity contribution in [2.75, 3.05) is 0 Å². The third kappa shape index (κ3) is 4.02. The maximum atomic E-state index is 11.8. The molecule has 0 atom stereocenters. The van der Waals surface area contributed by atoms with Crippen LogP contribution >= 0.6 is 11.6 Å². The number of aromatic amines is 1. The van der Waals surface area contributed by atoms with E-state index in [0.717, 1.165) is 5.56 Å². The number of hydrogen-bond acceptors (Lipinski definition) is 1. The number of aromatic nitrogens is 1. The van der Waals surface area contributed by atoms with E-state index in [0.29, 0.717) is 17.1 Å². The number of amides is 1. The van der Waals surface area contributed by atoms with Crippen LogP contribution in [0.2, 0.25) is 5.02 Å². The molecule has 0 fully saturated rings. The summed E-state index contributed by atoms with van der Waals surface area (Å²) in [6.45, 7) is 0.499. The number of pyridine rings is 1. The molecule has 0 unspecified atom stereocenters. The second kappa shape index (κ2) is 6.99. The zero-order chi connectivity index (χ0) is 12.1. The molecule has 0 aliphatic carbocycles. The van der Waals surface area contributed by atoms with E-state index in [1.54, 1.807) is 24.3 Å². The van der Waals surface area contributed by atoms with E-state index in [-0.39, 0.29) is 18.3 Å². The van der Waals surface area contributed by atoms with Gasteiger partial charge >= 0.3 is 0 Å². The summed E-state index contributed by atoms with van der Waals surface area (Å²) < 4.78 is 0. The summed E-state index contributed by atoms with van der Waals surface area (Å²) in [6, 6.07) is 10.6. The first-order valence-electron chi connectivity index (χ1n) is 5.24. The molecular weight excluding hydrogens is 271 g/mol. The van der Waals surface area contributed by atoms with E-state index in [4.69, 9.17) is 11.6 Å². The monoisotopic (exact) mass is 282 g/mol. The first kappa shape index (κ1) is 14.5. The van der Waals surface area contributed by atoms with Crippen molar-refractivity contribution in [1.82, 2.24) is 5.32 Å². The zero-order valence-corrected chi connectivity index (χ0v) is 11.0. The number of rotatable bonds is 3. The van der Waals surface area contributed by atoms with Gasteiger partial charge in [-0.3, -0.25) is 4.79 Å². The lowest BCUT2D eigenvalue weighted by Gasteiger charge is -2.03. The molecule has 94 valence electrons. The molecule has 0 bridgehead atoms. The Bertz CT molecular complexity index is 500. The average Bonchev–Trinajstić information content (AvgIpc) is 2.38.